The molecule has 0 saturated carbocycles. The molecule has 162 valence electrons. The van der Waals surface area contributed by atoms with Crippen molar-refractivity contribution in [3.05, 3.63) is 54.1 Å². The van der Waals surface area contributed by atoms with Gasteiger partial charge in [0.1, 0.15) is 23.4 Å². The maximum atomic E-state index is 14.6. The number of halogens is 2. The van der Waals surface area contributed by atoms with Crippen LogP contribution in [0.3, 0.4) is 0 Å². The fourth-order valence-corrected chi connectivity index (χ4v) is 3.55. The van der Waals surface area contributed by atoms with Crippen LogP contribution in [0.2, 0.25) is 0 Å². The second kappa shape index (κ2) is 8.68. The van der Waals surface area contributed by atoms with Gasteiger partial charge >= 0.3 is 0 Å². The Bertz CT molecular complexity index is 1020. The number of anilines is 3. The lowest BCUT2D eigenvalue weighted by molar-refractivity contribution is -0.119. The van der Waals surface area contributed by atoms with Gasteiger partial charge in [-0.2, -0.15) is 5.10 Å². The molecule has 8 nitrogen and oxygen atoms in total. The number of nitrogens with one attached hydrogen (secondary N) is 1. The number of benzene rings is 2. The van der Waals surface area contributed by atoms with Gasteiger partial charge in [0.2, 0.25) is 5.91 Å². The lowest BCUT2D eigenvalue weighted by Gasteiger charge is -2.29. The Morgan fingerprint density at radius 1 is 1.10 bits per heavy atom. The summed E-state index contributed by atoms with van der Waals surface area (Å²) >= 11 is 0. The van der Waals surface area contributed by atoms with Gasteiger partial charge in [0.15, 0.2) is 0 Å². The molecule has 2 aliphatic heterocycles. The lowest BCUT2D eigenvalue weighted by atomic mass is 10.1. The number of ether oxygens (including phenoxy) is 1. The third-order valence-electron chi connectivity index (χ3n) is 5.15. The molecule has 3 N–H and O–H groups in total. The first-order valence-electron chi connectivity index (χ1n) is 9.77. The first kappa shape index (κ1) is 20.7. The van der Waals surface area contributed by atoms with Crippen LogP contribution in [0.5, 0.6) is 0 Å². The Balaban J connectivity index is 1.50. The summed E-state index contributed by atoms with van der Waals surface area (Å²) in [5.41, 5.74) is 6.64. The SMILES string of the molecule is NC(=O)C1CC(C(=O)Nc2ccc(N3CCOCC3)c(F)c2)=NN1c1ccc(F)cc1. The summed E-state index contributed by atoms with van der Waals surface area (Å²) in [5.74, 6) is -2.15. The molecular weight excluding hydrogens is 408 g/mol. The summed E-state index contributed by atoms with van der Waals surface area (Å²) in [6.45, 7) is 2.24. The molecule has 2 aromatic carbocycles. The highest BCUT2D eigenvalue weighted by molar-refractivity contribution is 6.44. The number of carbonyl (C=O) groups is 2. The quantitative estimate of drug-likeness (QED) is 0.756. The zero-order valence-electron chi connectivity index (χ0n) is 16.6. The molecule has 4 rings (SSSR count). The average molecular weight is 429 g/mol. The van der Waals surface area contributed by atoms with E-state index in [0.717, 1.165) is 0 Å². The van der Waals surface area contributed by atoms with Crippen molar-refractivity contribution in [2.75, 3.05) is 41.5 Å². The zero-order chi connectivity index (χ0) is 22.0. The van der Waals surface area contributed by atoms with Crippen molar-refractivity contribution in [3.8, 4) is 0 Å². The van der Waals surface area contributed by atoms with E-state index in [1.54, 1.807) is 12.1 Å². The number of amides is 2. The summed E-state index contributed by atoms with van der Waals surface area (Å²) in [6, 6.07) is 8.88. The molecule has 0 radical (unpaired) electrons. The van der Waals surface area contributed by atoms with Gasteiger partial charge < -0.3 is 20.7 Å². The fraction of sp³-hybridized carbons (Fsp3) is 0.286. The number of rotatable bonds is 5. The van der Waals surface area contributed by atoms with Crippen LogP contribution in [0, 0.1) is 11.6 Å². The summed E-state index contributed by atoms with van der Waals surface area (Å²) < 4.78 is 33.1. The lowest BCUT2D eigenvalue weighted by Crippen LogP contribution is -2.39. The van der Waals surface area contributed by atoms with Gasteiger partial charge in [0.25, 0.3) is 5.91 Å². The second-order valence-electron chi connectivity index (χ2n) is 7.21. The molecule has 31 heavy (non-hydrogen) atoms. The van der Waals surface area contributed by atoms with E-state index in [0.29, 0.717) is 37.7 Å². The molecule has 2 heterocycles. The maximum absolute atomic E-state index is 14.6. The normalized spacial score (nSPS) is 18.6. The third kappa shape index (κ3) is 4.48. The van der Waals surface area contributed by atoms with Crippen molar-refractivity contribution in [2.45, 2.75) is 12.5 Å². The zero-order valence-corrected chi connectivity index (χ0v) is 16.6. The van der Waals surface area contributed by atoms with E-state index in [1.807, 2.05) is 4.90 Å². The van der Waals surface area contributed by atoms with E-state index < -0.39 is 29.5 Å². The molecular formula is C21H21F2N5O3. The molecule has 1 atom stereocenters. The summed E-state index contributed by atoms with van der Waals surface area (Å²) in [5, 5.41) is 8.09. The minimum absolute atomic E-state index is 0.0209. The van der Waals surface area contributed by atoms with Gasteiger partial charge in [-0.15, -0.1) is 0 Å². The Morgan fingerprint density at radius 3 is 2.45 bits per heavy atom. The van der Waals surface area contributed by atoms with Crippen molar-refractivity contribution in [1.82, 2.24) is 0 Å². The predicted octanol–water partition coefficient (Wildman–Crippen LogP) is 1.86. The van der Waals surface area contributed by atoms with Gasteiger partial charge in [-0.25, -0.2) is 8.78 Å². The van der Waals surface area contributed by atoms with Crippen molar-refractivity contribution in [2.24, 2.45) is 10.8 Å². The van der Waals surface area contributed by atoms with Crippen molar-refractivity contribution >= 4 is 34.6 Å². The summed E-state index contributed by atoms with van der Waals surface area (Å²) in [7, 11) is 0. The number of hydrogen-bond donors (Lipinski definition) is 2. The van der Waals surface area contributed by atoms with Crippen LogP contribution >= 0.6 is 0 Å². The smallest absolute Gasteiger partial charge is 0.271 e. The van der Waals surface area contributed by atoms with Gasteiger partial charge in [-0.05, 0) is 42.5 Å². The molecule has 1 unspecified atom stereocenters. The first-order valence-corrected chi connectivity index (χ1v) is 9.77. The van der Waals surface area contributed by atoms with E-state index in [9.17, 15) is 18.4 Å². The van der Waals surface area contributed by atoms with Crippen LogP contribution in [0.1, 0.15) is 6.42 Å². The van der Waals surface area contributed by atoms with Crippen LogP contribution in [-0.2, 0) is 14.3 Å². The molecule has 1 fully saturated rings. The van der Waals surface area contributed by atoms with Gasteiger partial charge in [-0.3, -0.25) is 14.6 Å². The van der Waals surface area contributed by atoms with Crippen molar-refractivity contribution < 1.29 is 23.1 Å². The number of nitrogens with two attached hydrogens (primary N) is 1. The topological polar surface area (TPSA) is 100 Å². The molecule has 10 heteroatoms. The highest BCUT2D eigenvalue weighted by atomic mass is 19.1. The molecule has 0 bridgehead atoms. The van der Waals surface area contributed by atoms with Crippen LogP contribution in [0.25, 0.3) is 0 Å². The molecule has 0 aliphatic carbocycles. The van der Waals surface area contributed by atoms with Crippen LogP contribution in [0.4, 0.5) is 25.8 Å². The Hall–Kier alpha value is -3.53. The summed E-state index contributed by atoms with van der Waals surface area (Å²) in [4.78, 5) is 26.4. The molecule has 1 saturated heterocycles. The van der Waals surface area contributed by atoms with Gasteiger partial charge in [0, 0.05) is 25.2 Å². The number of morpholine rings is 1. The van der Waals surface area contributed by atoms with Crippen LogP contribution < -0.4 is 21.0 Å². The summed E-state index contributed by atoms with van der Waals surface area (Å²) in [6.07, 6.45) is -0.0209. The van der Waals surface area contributed by atoms with Crippen molar-refractivity contribution in [3.63, 3.8) is 0 Å². The number of nitrogens with zero attached hydrogens (tertiary/aromatic N) is 3. The number of primary amides is 1. The van der Waals surface area contributed by atoms with Crippen LogP contribution in [-0.4, -0.2) is 49.9 Å². The molecule has 2 aromatic rings. The number of hydrazone groups is 1. The average Bonchev–Trinajstić information content (AvgIpc) is 3.21. The van der Waals surface area contributed by atoms with E-state index >= 15 is 0 Å². The van der Waals surface area contributed by atoms with E-state index in [1.165, 1.54) is 35.3 Å². The second-order valence-corrected chi connectivity index (χ2v) is 7.21. The number of carbonyl (C=O) groups excluding carboxylic acids is 2. The standard InChI is InChI=1S/C21H21F2N5O3/c22-13-1-4-15(5-2-13)28-19(20(24)29)12-17(26-28)21(30)25-14-3-6-18(16(23)11-14)27-7-9-31-10-8-27/h1-6,11,19H,7-10,12H2,(H2,24,29)(H,25,30). The van der Waals surface area contributed by atoms with Gasteiger partial charge in [0.05, 0.1) is 24.6 Å². The maximum Gasteiger partial charge on any atom is 0.271 e. The number of hydrogen-bond acceptors (Lipinski definition) is 6. The molecule has 2 amide bonds. The van der Waals surface area contributed by atoms with Crippen molar-refractivity contribution in [1.29, 1.82) is 0 Å². The minimum Gasteiger partial charge on any atom is -0.378 e. The molecule has 0 spiro atoms. The van der Waals surface area contributed by atoms with E-state index in [-0.39, 0.29) is 17.8 Å². The monoisotopic (exact) mass is 429 g/mol. The highest BCUT2D eigenvalue weighted by Crippen LogP contribution is 2.27. The first-order chi connectivity index (χ1) is 14.9. The Labute approximate surface area is 177 Å². The van der Waals surface area contributed by atoms with E-state index in [2.05, 4.69) is 10.4 Å². The Kier molecular flexibility index (Phi) is 5.81. The molecule has 2 aliphatic rings. The highest BCUT2D eigenvalue weighted by Gasteiger charge is 2.35. The Morgan fingerprint density at radius 2 is 1.81 bits per heavy atom. The largest absolute Gasteiger partial charge is 0.378 e. The molecule has 0 aromatic heterocycles. The van der Waals surface area contributed by atoms with Crippen LogP contribution in [0.15, 0.2) is 47.6 Å². The third-order valence-corrected chi connectivity index (χ3v) is 5.15. The predicted molar refractivity (Wildman–Crippen MR) is 112 cm³/mol. The fourth-order valence-electron chi connectivity index (χ4n) is 3.55. The van der Waals surface area contributed by atoms with Gasteiger partial charge in [-0.1, -0.05) is 0 Å². The van der Waals surface area contributed by atoms with E-state index in [4.69, 9.17) is 10.5 Å². The minimum atomic E-state index is -0.883.